The molecule has 1 aromatic carbocycles. The first-order valence-electron chi connectivity index (χ1n) is 7.96. The van der Waals surface area contributed by atoms with Gasteiger partial charge in [0.25, 0.3) is 0 Å². The Balaban J connectivity index is 2.62. The highest BCUT2D eigenvalue weighted by atomic mass is 16.3. The lowest BCUT2D eigenvalue weighted by molar-refractivity contribution is -0.126. The fourth-order valence-corrected chi connectivity index (χ4v) is 2.41. The third-order valence-corrected chi connectivity index (χ3v) is 3.92. The number of amides is 1. The predicted molar refractivity (Wildman–Crippen MR) is 90.8 cm³/mol. The van der Waals surface area contributed by atoms with E-state index >= 15 is 0 Å². The number of carbonyl (C=O) groups is 1. The van der Waals surface area contributed by atoms with E-state index in [2.05, 4.69) is 36.5 Å². The number of aliphatic hydroxyl groups is 1. The fraction of sp³-hybridized carbons (Fsp3) is 0.611. The fourth-order valence-electron chi connectivity index (χ4n) is 2.41. The van der Waals surface area contributed by atoms with Gasteiger partial charge < -0.3 is 10.4 Å². The van der Waals surface area contributed by atoms with Crippen LogP contribution in [0.4, 0.5) is 0 Å². The van der Waals surface area contributed by atoms with Crippen molar-refractivity contribution in [1.82, 2.24) is 10.2 Å². The van der Waals surface area contributed by atoms with E-state index in [9.17, 15) is 9.90 Å². The zero-order valence-corrected chi connectivity index (χ0v) is 14.7. The van der Waals surface area contributed by atoms with Crippen LogP contribution in [0.3, 0.4) is 0 Å². The standard InChI is InChI=1S/C18H30N2O2/c1-7-15-8-10-16(11-9-15)13(2)19-17(21)14(3)20(6)12-18(4,5)22/h8-11,13-14,22H,7,12H2,1-6H3,(H,19,21). The third kappa shape index (κ3) is 5.78. The Hall–Kier alpha value is -1.39. The van der Waals surface area contributed by atoms with Gasteiger partial charge in [-0.2, -0.15) is 0 Å². The van der Waals surface area contributed by atoms with Crippen molar-refractivity contribution in [3.63, 3.8) is 0 Å². The summed E-state index contributed by atoms with van der Waals surface area (Å²) in [6, 6.07) is 8.01. The molecule has 0 aliphatic carbocycles. The van der Waals surface area contributed by atoms with Crippen LogP contribution >= 0.6 is 0 Å². The van der Waals surface area contributed by atoms with E-state index in [0.29, 0.717) is 6.54 Å². The largest absolute Gasteiger partial charge is 0.389 e. The summed E-state index contributed by atoms with van der Waals surface area (Å²) in [6.07, 6.45) is 1.01. The van der Waals surface area contributed by atoms with Gasteiger partial charge in [0.2, 0.25) is 5.91 Å². The SMILES string of the molecule is CCc1ccc(C(C)NC(=O)C(C)N(C)CC(C)(C)O)cc1. The third-order valence-electron chi connectivity index (χ3n) is 3.92. The van der Waals surface area contributed by atoms with Crippen LogP contribution in [0.5, 0.6) is 0 Å². The van der Waals surface area contributed by atoms with Crippen molar-refractivity contribution in [1.29, 1.82) is 0 Å². The summed E-state index contributed by atoms with van der Waals surface area (Å²) in [5, 5.41) is 12.9. The smallest absolute Gasteiger partial charge is 0.237 e. The highest BCUT2D eigenvalue weighted by Gasteiger charge is 2.24. The molecule has 0 aliphatic rings. The molecule has 0 bridgehead atoms. The summed E-state index contributed by atoms with van der Waals surface area (Å²) in [4.78, 5) is 14.2. The highest BCUT2D eigenvalue weighted by molar-refractivity contribution is 5.81. The summed E-state index contributed by atoms with van der Waals surface area (Å²) < 4.78 is 0. The van der Waals surface area contributed by atoms with Crippen molar-refractivity contribution in [2.75, 3.05) is 13.6 Å². The van der Waals surface area contributed by atoms with Crippen LogP contribution in [0, 0.1) is 0 Å². The van der Waals surface area contributed by atoms with Gasteiger partial charge in [0.05, 0.1) is 17.7 Å². The predicted octanol–water partition coefficient (Wildman–Crippen LogP) is 2.52. The van der Waals surface area contributed by atoms with E-state index in [0.717, 1.165) is 12.0 Å². The number of likely N-dealkylation sites (N-methyl/N-ethyl adjacent to an activating group) is 1. The molecular weight excluding hydrogens is 276 g/mol. The van der Waals surface area contributed by atoms with Gasteiger partial charge >= 0.3 is 0 Å². The number of rotatable bonds is 7. The molecule has 0 spiro atoms. The summed E-state index contributed by atoms with van der Waals surface area (Å²) in [5.41, 5.74) is 1.58. The molecule has 0 aliphatic heterocycles. The number of nitrogens with zero attached hydrogens (tertiary/aromatic N) is 1. The van der Waals surface area contributed by atoms with Crippen molar-refractivity contribution in [2.45, 2.75) is 58.7 Å². The average Bonchev–Trinajstić information content (AvgIpc) is 2.44. The van der Waals surface area contributed by atoms with Crippen LogP contribution in [-0.4, -0.2) is 41.1 Å². The van der Waals surface area contributed by atoms with E-state index in [-0.39, 0.29) is 18.0 Å². The van der Waals surface area contributed by atoms with Gasteiger partial charge in [-0.15, -0.1) is 0 Å². The Kier molecular flexibility index (Phi) is 6.57. The molecule has 2 unspecified atom stereocenters. The summed E-state index contributed by atoms with van der Waals surface area (Å²) in [7, 11) is 1.85. The normalized spacial score (nSPS) is 14.7. The van der Waals surface area contributed by atoms with Gasteiger partial charge in [0.1, 0.15) is 0 Å². The molecule has 0 saturated carbocycles. The average molecular weight is 306 g/mol. The van der Waals surface area contributed by atoms with E-state index in [1.54, 1.807) is 13.8 Å². The van der Waals surface area contributed by atoms with Crippen molar-refractivity contribution in [3.05, 3.63) is 35.4 Å². The monoisotopic (exact) mass is 306 g/mol. The lowest BCUT2D eigenvalue weighted by atomic mass is 10.0. The van der Waals surface area contributed by atoms with Crippen molar-refractivity contribution >= 4 is 5.91 Å². The Morgan fingerprint density at radius 2 is 1.82 bits per heavy atom. The van der Waals surface area contributed by atoms with Crippen LogP contribution in [0.2, 0.25) is 0 Å². The molecule has 22 heavy (non-hydrogen) atoms. The number of carbonyl (C=O) groups excluding carboxylic acids is 1. The molecule has 1 rings (SSSR count). The van der Waals surface area contributed by atoms with Gasteiger partial charge in [-0.25, -0.2) is 0 Å². The Morgan fingerprint density at radius 1 is 1.27 bits per heavy atom. The Morgan fingerprint density at radius 3 is 2.27 bits per heavy atom. The molecule has 124 valence electrons. The summed E-state index contributed by atoms with van der Waals surface area (Å²) in [5.74, 6) is -0.0289. The molecule has 4 heteroatoms. The van der Waals surface area contributed by atoms with Crippen LogP contribution in [0.15, 0.2) is 24.3 Å². The topological polar surface area (TPSA) is 52.6 Å². The molecule has 0 heterocycles. The molecule has 1 aromatic rings. The molecule has 0 aromatic heterocycles. The summed E-state index contributed by atoms with van der Waals surface area (Å²) >= 11 is 0. The number of aryl methyl sites for hydroxylation is 1. The number of hydrogen-bond donors (Lipinski definition) is 2. The van der Waals surface area contributed by atoms with E-state index in [4.69, 9.17) is 0 Å². The van der Waals surface area contributed by atoms with Crippen molar-refractivity contribution in [3.8, 4) is 0 Å². The van der Waals surface area contributed by atoms with E-state index in [1.807, 2.05) is 25.8 Å². The molecule has 2 atom stereocenters. The van der Waals surface area contributed by atoms with E-state index in [1.165, 1.54) is 5.56 Å². The first-order valence-corrected chi connectivity index (χ1v) is 7.96. The molecule has 0 saturated heterocycles. The number of hydrogen-bond acceptors (Lipinski definition) is 3. The Labute approximate surface area is 134 Å². The summed E-state index contributed by atoms with van der Waals surface area (Å²) in [6.45, 7) is 9.90. The van der Waals surface area contributed by atoms with Crippen LogP contribution in [0.1, 0.15) is 51.8 Å². The van der Waals surface area contributed by atoms with Crippen molar-refractivity contribution < 1.29 is 9.90 Å². The van der Waals surface area contributed by atoms with Gasteiger partial charge in [-0.05, 0) is 52.3 Å². The minimum atomic E-state index is -0.815. The second-order valence-electron chi connectivity index (χ2n) is 6.73. The minimum Gasteiger partial charge on any atom is -0.389 e. The maximum absolute atomic E-state index is 12.3. The van der Waals surface area contributed by atoms with Gasteiger partial charge in [0.15, 0.2) is 0 Å². The lowest BCUT2D eigenvalue weighted by Crippen LogP contribution is -2.48. The molecule has 0 radical (unpaired) electrons. The highest BCUT2D eigenvalue weighted by Crippen LogP contribution is 2.15. The van der Waals surface area contributed by atoms with Crippen LogP contribution in [-0.2, 0) is 11.2 Å². The molecule has 4 nitrogen and oxygen atoms in total. The van der Waals surface area contributed by atoms with Crippen LogP contribution < -0.4 is 5.32 Å². The molecule has 0 fully saturated rings. The van der Waals surface area contributed by atoms with Crippen molar-refractivity contribution in [2.24, 2.45) is 0 Å². The first kappa shape index (κ1) is 18.7. The molecule has 2 N–H and O–H groups in total. The maximum atomic E-state index is 12.3. The quantitative estimate of drug-likeness (QED) is 0.814. The van der Waals surface area contributed by atoms with Gasteiger partial charge in [0, 0.05) is 6.54 Å². The molecular formula is C18H30N2O2. The zero-order chi connectivity index (χ0) is 16.9. The lowest BCUT2D eigenvalue weighted by Gasteiger charge is -2.30. The minimum absolute atomic E-state index is 0.0289. The maximum Gasteiger partial charge on any atom is 0.237 e. The second-order valence-corrected chi connectivity index (χ2v) is 6.73. The number of benzene rings is 1. The van der Waals surface area contributed by atoms with Crippen LogP contribution in [0.25, 0.3) is 0 Å². The zero-order valence-electron chi connectivity index (χ0n) is 14.7. The second kappa shape index (κ2) is 7.75. The van der Waals surface area contributed by atoms with Gasteiger partial charge in [-0.1, -0.05) is 31.2 Å². The Bertz CT molecular complexity index is 477. The molecule has 1 amide bonds. The number of nitrogens with one attached hydrogen (secondary N) is 1. The first-order chi connectivity index (χ1) is 10.1. The van der Waals surface area contributed by atoms with E-state index < -0.39 is 5.60 Å². The van der Waals surface area contributed by atoms with Gasteiger partial charge in [-0.3, -0.25) is 9.69 Å².